The van der Waals surface area contributed by atoms with Crippen LogP contribution in [0.2, 0.25) is 0 Å². The molecular weight excluding hydrogens is 398 g/mol. The van der Waals surface area contributed by atoms with Gasteiger partial charge in [-0.15, -0.1) is 0 Å². The van der Waals surface area contributed by atoms with Crippen molar-refractivity contribution in [3.8, 4) is 5.75 Å². The number of carbonyl (C=O) groups is 2. The summed E-state index contributed by atoms with van der Waals surface area (Å²) in [5, 5.41) is 18.3. The Kier molecular flexibility index (Phi) is 9.32. The Hall–Kier alpha value is -3.58. The van der Waals surface area contributed by atoms with Gasteiger partial charge in [0.15, 0.2) is 0 Å². The summed E-state index contributed by atoms with van der Waals surface area (Å²) in [6.45, 7) is 3.89. The van der Waals surface area contributed by atoms with Gasteiger partial charge in [-0.2, -0.15) is 0 Å². The van der Waals surface area contributed by atoms with Gasteiger partial charge in [0.2, 0.25) is 0 Å². The number of carboxylic acids is 2. The van der Waals surface area contributed by atoms with Gasteiger partial charge in [0.1, 0.15) is 11.5 Å². The molecule has 0 aliphatic heterocycles. The highest BCUT2D eigenvalue weighted by Crippen LogP contribution is 2.28. The molecule has 164 valence electrons. The first-order chi connectivity index (χ1) is 14.9. The second-order valence-corrected chi connectivity index (χ2v) is 6.90. The molecule has 7 nitrogen and oxygen atoms in total. The molecule has 3 aromatic rings. The van der Waals surface area contributed by atoms with E-state index in [4.69, 9.17) is 29.0 Å². The van der Waals surface area contributed by atoms with Crippen molar-refractivity contribution in [3.63, 3.8) is 0 Å². The topological polar surface area (TPSA) is 109 Å². The first kappa shape index (κ1) is 23.7. The van der Waals surface area contributed by atoms with Crippen molar-refractivity contribution in [1.82, 2.24) is 5.32 Å². The number of aliphatic carboxylic acids is 2. The predicted octanol–water partition coefficient (Wildman–Crippen LogP) is 4.06. The summed E-state index contributed by atoms with van der Waals surface area (Å²) in [7, 11) is 1.69. The largest absolute Gasteiger partial charge is 0.497 e. The number of nitrogens with one attached hydrogen (secondary N) is 1. The van der Waals surface area contributed by atoms with E-state index in [1.165, 1.54) is 16.7 Å². The molecular formula is C24H27NO6. The number of aryl methyl sites for hydroxylation is 1. The lowest BCUT2D eigenvalue weighted by atomic mass is 9.92. The van der Waals surface area contributed by atoms with Gasteiger partial charge in [-0.05, 0) is 55.3 Å². The quantitative estimate of drug-likeness (QED) is 0.369. The lowest BCUT2D eigenvalue weighted by molar-refractivity contribution is -0.159. The molecule has 0 amide bonds. The minimum absolute atomic E-state index is 0.277. The summed E-state index contributed by atoms with van der Waals surface area (Å²) >= 11 is 0. The molecule has 0 saturated heterocycles. The molecule has 1 unspecified atom stereocenters. The van der Waals surface area contributed by atoms with Crippen molar-refractivity contribution < 1.29 is 29.0 Å². The summed E-state index contributed by atoms with van der Waals surface area (Å²) in [6, 6.07) is 20.9. The van der Waals surface area contributed by atoms with Gasteiger partial charge in [-0.25, -0.2) is 9.59 Å². The second kappa shape index (κ2) is 12.2. The molecule has 31 heavy (non-hydrogen) atoms. The number of ether oxygens (including phenoxy) is 1. The van der Waals surface area contributed by atoms with Gasteiger partial charge in [-0.1, -0.05) is 42.0 Å². The van der Waals surface area contributed by atoms with E-state index < -0.39 is 11.9 Å². The Morgan fingerprint density at radius 3 is 2.16 bits per heavy atom. The van der Waals surface area contributed by atoms with Crippen LogP contribution in [-0.2, 0) is 16.1 Å². The number of methoxy groups -OCH3 is 1. The number of furan rings is 1. The van der Waals surface area contributed by atoms with Crippen molar-refractivity contribution in [2.24, 2.45) is 0 Å². The molecule has 0 bridgehead atoms. The van der Waals surface area contributed by atoms with Crippen LogP contribution in [0, 0.1) is 6.92 Å². The normalized spacial score (nSPS) is 11.2. The lowest BCUT2D eigenvalue weighted by Crippen LogP contribution is -2.17. The third kappa shape index (κ3) is 7.98. The van der Waals surface area contributed by atoms with Gasteiger partial charge in [0.25, 0.3) is 0 Å². The molecule has 3 rings (SSSR count). The highest BCUT2D eigenvalue weighted by atomic mass is 16.5. The standard InChI is InChI=1S/C22H25NO2.C2H2O4/c1-17-5-9-19(10-6-17)21(22-4-3-15-25-22)13-14-23-16-18-7-11-20(24-2)12-8-18;3-1(4)2(5)6/h3-12,15,21,23H,13-14,16H2,1-2H3;(H,3,4)(H,5,6). The van der Waals surface area contributed by atoms with E-state index in [0.717, 1.165) is 31.0 Å². The highest BCUT2D eigenvalue weighted by molar-refractivity contribution is 6.27. The van der Waals surface area contributed by atoms with Crippen LogP contribution in [0.4, 0.5) is 0 Å². The number of hydrogen-bond donors (Lipinski definition) is 3. The minimum Gasteiger partial charge on any atom is -0.497 e. The van der Waals surface area contributed by atoms with Gasteiger partial charge >= 0.3 is 11.9 Å². The Bertz CT molecular complexity index is 921. The van der Waals surface area contributed by atoms with Crippen molar-refractivity contribution in [3.05, 3.63) is 89.4 Å². The zero-order valence-electron chi connectivity index (χ0n) is 17.6. The molecule has 0 saturated carbocycles. The average molecular weight is 425 g/mol. The van der Waals surface area contributed by atoms with Crippen LogP contribution in [0.5, 0.6) is 5.75 Å². The van der Waals surface area contributed by atoms with Crippen molar-refractivity contribution >= 4 is 11.9 Å². The van der Waals surface area contributed by atoms with Gasteiger partial charge in [0.05, 0.1) is 13.4 Å². The van der Waals surface area contributed by atoms with Crippen LogP contribution < -0.4 is 10.1 Å². The molecule has 0 fully saturated rings. The monoisotopic (exact) mass is 425 g/mol. The Labute approximate surface area is 181 Å². The summed E-state index contributed by atoms with van der Waals surface area (Å²) in [5.41, 5.74) is 3.83. The summed E-state index contributed by atoms with van der Waals surface area (Å²) < 4.78 is 10.9. The van der Waals surface area contributed by atoms with Crippen LogP contribution in [-0.4, -0.2) is 35.8 Å². The lowest BCUT2D eigenvalue weighted by Gasteiger charge is -2.16. The van der Waals surface area contributed by atoms with E-state index >= 15 is 0 Å². The number of carboxylic acid groups (broad SMARTS) is 2. The summed E-state index contributed by atoms with van der Waals surface area (Å²) in [6.07, 6.45) is 2.74. The fourth-order valence-electron chi connectivity index (χ4n) is 2.98. The molecule has 1 atom stereocenters. The maximum absolute atomic E-state index is 9.10. The number of rotatable bonds is 8. The molecule has 1 aromatic heterocycles. The third-order valence-electron chi connectivity index (χ3n) is 4.65. The Morgan fingerprint density at radius 1 is 1.00 bits per heavy atom. The van der Waals surface area contributed by atoms with Crippen LogP contribution in [0.3, 0.4) is 0 Å². The van der Waals surface area contributed by atoms with Crippen LogP contribution in [0.1, 0.15) is 34.8 Å². The van der Waals surface area contributed by atoms with E-state index in [1.807, 2.05) is 18.2 Å². The first-order valence-electron chi connectivity index (χ1n) is 9.80. The summed E-state index contributed by atoms with van der Waals surface area (Å²) in [4.78, 5) is 18.2. The molecule has 0 aliphatic rings. The van der Waals surface area contributed by atoms with E-state index in [1.54, 1.807) is 13.4 Å². The molecule has 0 radical (unpaired) electrons. The Morgan fingerprint density at radius 2 is 1.65 bits per heavy atom. The van der Waals surface area contributed by atoms with Gasteiger partial charge < -0.3 is 24.7 Å². The molecule has 0 aliphatic carbocycles. The van der Waals surface area contributed by atoms with Crippen molar-refractivity contribution in [2.45, 2.75) is 25.8 Å². The molecule has 3 N–H and O–H groups in total. The third-order valence-corrected chi connectivity index (χ3v) is 4.65. The summed E-state index contributed by atoms with van der Waals surface area (Å²) in [5.74, 6) is -1.46. The number of benzene rings is 2. The molecule has 1 heterocycles. The van der Waals surface area contributed by atoms with Crippen LogP contribution >= 0.6 is 0 Å². The highest BCUT2D eigenvalue weighted by Gasteiger charge is 2.16. The molecule has 7 heteroatoms. The first-order valence-corrected chi connectivity index (χ1v) is 9.80. The maximum atomic E-state index is 9.10. The van der Waals surface area contributed by atoms with E-state index in [9.17, 15) is 0 Å². The fraction of sp³-hybridized carbons (Fsp3) is 0.250. The fourth-order valence-corrected chi connectivity index (χ4v) is 2.98. The van der Waals surface area contributed by atoms with E-state index in [-0.39, 0.29) is 5.92 Å². The molecule has 0 spiro atoms. The van der Waals surface area contributed by atoms with Crippen LogP contribution in [0.25, 0.3) is 0 Å². The van der Waals surface area contributed by atoms with Crippen molar-refractivity contribution in [2.75, 3.05) is 13.7 Å². The maximum Gasteiger partial charge on any atom is 0.414 e. The average Bonchev–Trinajstić information content (AvgIpc) is 3.30. The van der Waals surface area contributed by atoms with Crippen LogP contribution in [0.15, 0.2) is 71.3 Å². The minimum atomic E-state index is -1.82. The zero-order chi connectivity index (χ0) is 22.6. The second-order valence-electron chi connectivity index (χ2n) is 6.90. The molecule has 2 aromatic carbocycles. The van der Waals surface area contributed by atoms with Gasteiger partial charge in [0, 0.05) is 12.5 Å². The number of hydrogen-bond acceptors (Lipinski definition) is 5. The van der Waals surface area contributed by atoms with Crippen molar-refractivity contribution in [1.29, 1.82) is 0 Å². The SMILES string of the molecule is COc1ccc(CNCCC(c2ccc(C)cc2)c2ccco2)cc1.O=C(O)C(=O)O. The van der Waals surface area contributed by atoms with E-state index in [2.05, 4.69) is 54.7 Å². The van der Waals surface area contributed by atoms with Gasteiger partial charge in [-0.3, -0.25) is 0 Å². The Balaban J connectivity index is 0.000000501. The smallest absolute Gasteiger partial charge is 0.414 e. The zero-order valence-corrected chi connectivity index (χ0v) is 17.6. The predicted molar refractivity (Wildman–Crippen MR) is 116 cm³/mol. The van der Waals surface area contributed by atoms with E-state index in [0.29, 0.717) is 0 Å².